The van der Waals surface area contributed by atoms with Crippen molar-refractivity contribution in [2.24, 2.45) is 0 Å². The van der Waals surface area contributed by atoms with E-state index in [1.165, 1.54) is 19.1 Å². The van der Waals surface area contributed by atoms with Gasteiger partial charge in [-0.2, -0.15) is 18.3 Å². The number of phenols is 1. The standard InChI is InChI=1S/C18H13F3IN3O3/c1-2-28-17(27)11-9-23-25(16(11)18(19,20)21)14-8-4-7-13(24-14)10-5-3-6-12(22)15(10)26/h3-9,26H,2H2,1H3. The van der Waals surface area contributed by atoms with Crippen LogP contribution in [0.4, 0.5) is 13.2 Å². The second-order valence-corrected chi connectivity index (χ2v) is 6.72. The molecule has 2 aromatic heterocycles. The smallest absolute Gasteiger partial charge is 0.434 e. The molecule has 3 rings (SSSR count). The van der Waals surface area contributed by atoms with Crippen molar-refractivity contribution in [3.63, 3.8) is 0 Å². The number of hydrogen-bond donors (Lipinski definition) is 1. The molecule has 0 radical (unpaired) electrons. The molecule has 1 N–H and O–H groups in total. The van der Waals surface area contributed by atoms with E-state index in [1.54, 1.807) is 24.3 Å². The Balaban J connectivity index is 2.15. The zero-order valence-corrected chi connectivity index (χ0v) is 16.5. The SMILES string of the molecule is CCOC(=O)c1cnn(-c2cccc(-c3cccc(I)c3O)n2)c1C(F)(F)F. The zero-order chi connectivity index (χ0) is 20.5. The molecule has 0 aliphatic carbocycles. The highest BCUT2D eigenvalue weighted by molar-refractivity contribution is 14.1. The molecular formula is C18H13F3IN3O3. The van der Waals surface area contributed by atoms with Crippen molar-refractivity contribution < 1.29 is 27.8 Å². The van der Waals surface area contributed by atoms with Crippen LogP contribution >= 0.6 is 22.6 Å². The van der Waals surface area contributed by atoms with Gasteiger partial charge in [0.05, 0.1) is 22.1 Å². The number of esters is 1. The van der Waals surface area contributed by atoms with Gasteiger partial charge >= 0.3 is 12.1 Å². The van der Waals surface area contributed by atoms with Gasteiger partial charge in [0.25, 0.3) is 0 Å². The first-order valence-electron chi connectivity index (χ1n) is 8.01. The number of halogens is 4. The third-order valence-corrected chi connectivity index (χ3v) is 4.62. The summed E-state index contributed by atoms with van der Waals surface area (Å²) >= 11 is 1.94. The number of ether oxygens (including phenoxy) is 1. The number of carbonyl (C=O) groups is 1. The predicted octanol–water partition coefficient (Wildman–Crippen LogP) is 4.44. The quantitative estimate of drug-likeness (QED) is 0.421. The molecule has 28 heavy (non-hydrogen) atoms. The van der Waals surface area contributed by atoms with E-state index in [1.807, 2.05) is 22.6 Å². The lowest BCUT2D eigenvalue weighted by molar-refractivity contribution is -0.143. The van der Waals surface area contributed by atoms with Crippen molar-refractivity contribution >= 4 is 28.6 Å². The molecule has 146 valence electrons. The van der Waals surface area contributed by atoms with Crippen LogP contribution in [0, 0.1) is 3.57 Å². The highest BCUT2D eigenvalue weighted by Gasteiger charge is 2.41. The molecule has 10 heteroatoms. The molecular weight excluding hydrogens is 490 g/mol. The monoisotopic (exact) mass is 503 g/mol. The minimum atomic E-state index is -4.86. The van der Waals surface area contributed by atoms with Crippen molar-refractivity contribution in [1.82, 2.24) is 14.8 Å². The van der Waals surface area contributed by atoms with Crippen LogP contribution in [0.15, 0.2) is 42.6 Å². The van der Waals surface area contributed by atoms with Gasteiger partial charge in [0.1, 0.15) is 11.3 Å². The molecule has 1 aromatic carbocycles. The molecule has 2 heterocycles. The van der Waals surface area contributed by atoms with Crippen LogP contribution in [0.1, 0.15) is 23.0 Å². The van der Waals surface area contributed by atoms with Gasteiger partial charge in [0.15, 0.2) is 11.5 Å². The maximum Gasteiger partial charge on any atom is 0.434 e. The number of alkyl halides is 3. The van der Waals surface area contributed by atoms with Gasteiger partial charge in [0.2, 0.25) is 0 Å². The highest BCUT2D eigenvalue weighted by Crippen LogP contribution is 2.35. The van der Waals surface area contributed by atoms with Crippen LogP contribution in [0.5, 0.6) is 5.75 Å². The minimum absolute atomic E-state index is 0.0310. The van der Waals surface area contributed by atoms with Crippen LogP contribution in [0.3, 0.4) is 0 Å². The third-order valence-electron chi connectivity index (χ3n) is 3.75. The summed E-state index contributed by atoms with van der Waals surface area (Å²) in [6.45, 7) is 1.43. The number of aromatic hydroxyl groups is 1. The van der Waals surface area contributed by atoms with Crippen molar-refractivity contribution in [3.8, 4) is 22.8 Å². The second-order valence-electron chi connectivity index (χ2n) is 5.55. The number of carbonyl (C=O) groups excluding carboxylic acids is 1. The third kappa shape index (κ3) is 3.81. The molecule has 0 amide bonds. The van der Waals surface area contributed by atoms with Crippen LogP contribution in [0.25, 0.3) is 17.1 Å². The predicted molar refractivity (Wildman–Crippen MR) is 102 cm³/mol. The van der Waals surface area contributed by atoms with Gasteiger partial charge < -0.3 is 9.84 Å². The Morgan fingerprint density at radius 2 is 1.96 bits per heavy atom. The number of pyridine rings is 1. The van der Waals surface area contributed by atoms with Gasteiger partial charge in [-0.15, -0.1) is 0 Å². The van der Waals surface area contributed by atoms with E-state index in [-0.39, 0.29) is 23.9 Å². The topological polar surface area (TPSA) is 77.2 Å². The summed E-state index contributed by atoms with van der Waals surface area (Å²) in [5.41, 5.74) is -1.35. The molecule has 0 atom stereocenters. The number of nitrogens with zero attached hydrogens (tertiary/aromatic N) is 3. The molecule has 0 aliphatic heterocycles. The Kier molecular flexibility index (Phi) is 5.59. The molecule has 0 fully saturated rings. The summed E-state index contributed by atoms with van der Waals surface area (Å²) in [7, 11) is 0. The maximum atomic E-state index is 13.6. The summed E-state index contributed by atoms with van der Waals surface area (Å²) in [6.07, 6.45) is -4.06. The Hall–Kier alpha value is -2.63. The van der Waals surface area contributed by atoms with E-state index < -0.39 is 23.4 Å². The first kappa shape index (κ1) is 20.1. The lowest BCUT2D eigenvalue weighted by atomic mass is 10.1. The van der Waals surface area contributed by atoms with Gasteiger partial charge in [-0.1, -0.05) is 12.1 Å². The molecule has 0 unspecified atom stereocenters. The maximum absolute atomic E-state index is 13.6. The van der Waals surface area contributed by atoms with E-state index >= 15 is 0 Å². The lowest BCUT2D eigenvalue weighted by Gasteiger charge is -2.13. The molecule has 0 aliphatic rings. The Labute approximate surface area is 171 Å². The fraction of sp³-hybridized carbons (Fsp3) is 0.167. The van der Waals surface area contributed by atoms with E-state index in [0.717, 1.165) is 6.20 Å². The number of para-hydroxylation sites is 1. The first-order valence-corrected chi connectivity index (χ1v) is 9.09. The fourth-order valence-corrected chi connectivity index (χ4v) is 3.06. The molecule has 0 saturated heterocycles. The van der Waals surface area contributed by atoms with Crippen molar-refractivity contribution in [2.75, 3.05) is 6.61 Å². The van der Waals surface area contributed by atoms with Crippen LogP contribution in [-0.2, 0) is 10.9 Å². The molecule has 3 aromatic rings. The first-order chi connectivity index (χ1) is 13.2. The van der Waals surface area contributed by atoms with Gasteiger partial charge in [-0.05, 0) is 53.8 Å². The summed E-state index contributed by atoms with van der Waals surface area (Å²) in [4.78, 5) is 16.1. The van der Waals surface area contributed by atoms with Crippen LogP contribution in [-0.4, -0.2) is 32.4 Å². The number of hydrogen-bond acceptors (Lipinski definition) is 5. The normalized spacial score (nSPS) is 11.5. The van der Waals surface area contributed by atoms with Crippen LogP contribution in [0.2, 0.25) is 0 Å². The van der Waals surface area contributed by atoms with Gasteiger partial charge in [-0.25, -0.2) is 14.5 Å². The largest absolute Gasteiger partial charge is 0.506 e. The van der Waals surface area contributed by atoms with E-state index in [0.29, 0.717) is 13.8 Å². The van der Waals surface area contributed by atoms with E-state index in [2.05, 4.69) is 14.8 Å². The van der Waals surface area contributed by atoms with Gasteiger partial charge in [-0.3, -0.25) is 0 Å². The van der Waals surface area contributed by atoms with Crippen molar-refractivity contribution in [3.05, 3.63) is 57.4 Å². The van der Waals surface area contributed by atoms with E-state index in [9.17, 15) is 23.1 Å². The molecule has 0 saturated carbocycles. The number of phenolic OH excluding ortho intramolecular Hbond substituents is 1. The average molecular weight is 503 g/mol. The summed E-state index contributed by atoms with van der Waals surface area (Å²) < 4.78 is 46.7. The molecule has 6 nitrogen and oxygen atoms in total. The average Bonchev–Trinajstić information content (AvgIpc) is 3.10. The summed E-state index contributed by atoms with van der Waals surface area (Å²) in [5.74, 6) is -1.30. The Morgan fingerprint density at radius 3 is 2.64 bits per heavy atom. The minimum Gasteiger partial charge on any atom is -0.506 e. The lowest BCUT2D eigenvalue weighted by Crippen LogP contribution is -2.19. The number of rotatable bonds is 4. The van der Waals surface area contributed by atoms with Crippen LogP contribution < -0.4 is 0 Å². The fourth-order valence-electron chi connectivity index (χ4n) is 2.57. The highest BCUT2D eigenvalue weighted by atomic mass is 127. The second kappa shape index (κ2) is 7.78. The molecule has 0 bridgehead atoms. The van der Waals surface area contributed by atoms with E-state index in [4.69, 9.17) is 0 Å². The zero-order valence-electron chi connectivity index (χ0n) is 14.4. The molecule has 0 spiro atoms. The summed E-state index contributed by atoms with van der Waals surface area (Å²) in [5, 5.41) is 13.9. The number of benzene rings is 1. The summed E-state index contributed by atoms with van der Waals surface area (Å²) in [6, 6.07) is 9.34. The van der Waals surface area contributed by atoms with Crippen molar-refractivity contribution in [2.45, 2.75) is 13.1 Å². The van der Waals surface area contributed by atoms with Crippen molar-refractivity contribution in [1.29, 1.82) is 0 Å². The van der Waals surface area contributed by atoms with Gasteiger partial charge in [0, 0.05) is 5.56 Å². The number of aromatic nitrogens is 3. The Morgan fingerprint density at radius 1 is 1.25 bits per heavy atom. The Bertz CT molecular complexity index is 1030.